The van der Waals surface area contributed by atoms with Crippen molar-refractivity contribution in [3.05, 3.63) is 69.9 Å². The van der Waals surface area contributed by atoms with Gasteiger partial charge < -0.3 is 15.1 Å². The number of aliphatic hydroxyl groups excluding tert-OH is 1. The van der Waals surface area contributed by atoms with Crippen LogP contribution in [0.2, 0.25) is 0 Å². The summed E-state index contributed by atoms with van der Waals surface area (Å²) in [5.41, 5.74) is 6.26. The van der Waals surface area contributed by atoms with Gasteiger partial charge in [0.2, 0.25) is 0 Å². The van der Waals surface area contributed by atoms with Crippen molar-refractivity contribution in [1.29, 1.82) is 0 Å². The molecule has 1 unspecified atom stereocenters. The van der Waals surface area contributed by atoms with Crippen molar-refractivity contribution in [2.75, 3.05) is 13.2 Å². The van der Waals surface area contributed by atoms with Crippen LogP contribution in [0.4, 0.5) is 0 Å². The molecule has 0 saturated carbocycles. The van der Waals surface area contributed by atoms with Crippen molar-refractivity contribution < 1.29 is 15.0 Å². The van der Waals surface area contributed by atoms with E-state index in [1.54, 1.807) is 4.90 Å². The molecule has 1 atom stereocenters. The van der Waals surface area contributed by atoms with Crippen molar-refractivity contribution in [2.24, 2.45) is 0 Å². The van der Waals surface area contributed by atoms with Crippen LogP contribution in [0.5, 0.6) is 5.75 Å². The topological polar surface area (TPSA) is 89.5 Å². The number of aryl methyl sites for hydroxylation is 2. The number of aromatic nitrogens is 2. The van der Waals surface area contributed by atoms with E-state index in [2.05, 4.69) is 36.2 Å². The van der Waals surface area contributed by atoms with Gasteiger partial charge in [-0.15, -0.1) is 0 Å². The molecule has 1 aliphatic rings. The summed E-state index contributed by atoms with van der Waals surface area (Å²) in [5, 5.41) is 27.6. The highest BCUT2D eigenvalue weighted by Crippen LogP contribution is 2.45. The average Bonchev–Trinajstić information content (AvgIpc) is 3.25. The lowest BCUT2D eigenvalue weighted by molar-refractivity contribution is 0.0706. The summed E-state index contributed by atoms with van der Waals surface area (Å²) in [4.78, 5) is 14.8. The number of amides is 1. The Morgan fingerprint density at radius 2 is 1.87 bits per heavy atom. The predicted molar refractivity (Wildman–Crippen MR) is 116 cm³/mol. The fourth-order valence-corrected chi connectivity index (χ4v) is 4.29. The lowest BCUT2D eigenvalue weighted by Gasteiger charge is -2.26. The molecule has 0 spiro atoms. The molecule has 0 aliphatic carbocycles. The minimum absolute atomic E-state index is 0.131. The highest BCUT2D eigenvalue weighted by molar-refractivity contribution is 6.00. The normalized spacial score (nSPS) is 15.9. The molecule has 0 fully saturated rings. The third kappa shape index (κ3) is 3.17. The Bertz CT molecular complexity index is 1100. The molecule has 4 rings (SSSR count). The van der Waals surface area contributed by atoms with Gasteiger partial charge in [-0.2, -0.15) is 5.10 Å². The standard InChI is InChI=1S/C24H27N3O3/c1-13(2)16-5-7-17(8-6-16)22-19-20(18-12-14(3)11-15(4)23(18)29)25-26-21(19)24(30)27(22)9-10-28/h5-8,11-13,22,28-29H,9-10H2,1-4H3,(H,25,26). The van der Waals surface area contributed by atoms with Gasteiger partial charge in [-0.3, -0.25) is 9.89 Å². The van der Waals surface area contributed by atoms with Crippen LogP contribution in [0.1, 0.15) is 64.1 Å². The second-order valence-corrected chi connectivity index (χ2v) is 8.28. The number of phenolic OH excluding ortho intramolecular Hbond substituents is 1. The first-order chi connectivity index (χ1) is 14.3. The molecule has 1 aliphatic heterocycles. The minimum atomic E-state index is -0.380. The molecular weight excluding hydrogens is 378 g/mol. The number of nitrogens with one attached hydrogen (secondary N) is 1. The SMILES string of the molecule is Cc1cc(C)c(O)c(-c2n[nH]c3c2C(c2ccc(C(C)C)cc2)N(CCO)C3=O)c1. The molecule has 1 aromatic heterocycles. The maximum Gasteiger partial charge on any atom is 0.273 e. The first-order valence-electron chi connectivity index (χ1n) is 10.2. The second-order valence-electron chi connectivity index (χ2n) is 8.28. The Morgan fingerprint density at radius 1 is 1.17 bits per heavy atom. The van der Waals surface area contributed by atoms with Gasteiger partial charge in [-0.1, -0.05) is 44.2 Å². The fraction of sp³-hybridized carbons (Fsp3) is 0.333. The molecule has 6 nitrogen and oxygen atoms in total. The van der Waals surface area contributed by atoms with E-state index in [1.165, 1.54) is 5.56 Å². The van der Waals surface area contributed by atoms with E-state index >= 15 is 0 Å². The van der Waals surface area contributed by atoms with E-state index in [4.69, 9.17) is 0 Å². The maximum absolute atomic E-state index is 13.1. The summed E-state index contributed by atoms with van der Waals surface area (Å²) < 4.78 is 0. The lowest BCUT2D eigenvalue weighted by atomic mass is 9.92. The molecule has 3 aromatic rings. The third-order valence-corrected chi connectivity index (χ3v) is 5.82. The fourth-order valence-electron chi connectivity index (χ4n) is 4.29. The molecule has 2 heterocycles. The summed E-state index contributed by atoms with van der Waals surface area (Å²) in [6, 6.07) is 11.6. The molecule has 0 bridgehead atoms. The van der Waals surface area contributed by atoms with Crippen LogP contribution < -0.4 is 0 Å². The summed E-state index contributed by atoms with van der Waals surface area (Å²) in [7, 11) is 0. The van der Waals surface area contributed by atoms with E-state index < -0.39 is 0 Å². The van der Waals surface area contributed by atoms with Crippen LogP contribution in [0.15, 0.2) is 36.4 Å². The van der Waals surface area contributed by atoms with Gasteiger partial charge in [0.15, 0.2) is 0 Å². The zero-order chi connectivity index (χ0) is 21.6. The number of H-pyrrole nitrogens is 1. The number of hydrogen-bond acceptors (Lipinski definition) is 4. The molecule has 156 valence electrons. The van der Waals surface area contributed by atoms with Crippen LogP contribution in [-0.2, 0) is 0 Å². The Kier molecular flexibility index (Phi) is 5.12. The number of aromatic amines is 1. The zero-order valence-corrected chi connectivity index (χ0v) is 17.7. The van der Waals surface area contributed by atoms with E-state index in [-0.39, 0.29) is 30.9 Å². The molecule has 1 amide bonds. The van der Waals surface area contributed by atoms with Crippen molar-refractivity contribution in [3.63, 3.8) is 0 Å². The molecule has 30 heavy (non-hydrogen) atoms. The first-order valence-corrected chi connectivity index (χ1v) is 10.2. The Labute approximate surface area is 176 Å². The van der Waals surface area contributed by atoms with Gasteiger partial charge >= 0.3 is 0 Å². The molecule has 0 radical (unpaired) electrons. The Balaban J connectivity index is 1.90. The van der Waals surface area contributed by atoms with Gasteiger partial charge in [0.05, 0.1) is 12.6 Å². The smallest absolute Gasteiger partial charge is 0.273 e. The molecular formula is C24H27N3O3. The van der Waals surface area contributed by atoms with Crippen molar-refractivity contribution in [1.82, 2.24) is 15.1 Å². The van der Waals surface area contributed by atoms with Gasteiger partial charge in [0, 0.05) is 17.7 Å². The van der Waals surface area contributed by atoms with Crippen molar-refractivity contribution >= 4 is 5.91 Å². The van der Waals surface area contributed by atoms with Crippen LogP contribution >= 0.6 is 0 Å². The van der Waals surface area contributed by atoms with E-state index in [1.807, 2.05) is 38.1 Å². The first kappa shape index (κ1) is 20.2. The highest BCUT2D eigenvalue weighted by atomic mass is 16.3. The molecule has 3 N–H and O–H groups in total. The number of benzene rings is 2. The molecule has 6 heteroatoms. The van der Waals surface area contributed by atoms with Crippen LogP contribution in [0.25, 0.3) is 11.3 Å². The number of carbonyl (C=O) groups is 1. The number of aromatic hydroxyl groups is 1. The largest absolute Gasteiger partial charge is 0.507 e. The maximum atomic E-state index is 13.1. The number of hydrogen-bond donors (Lipinski definition) is 3. The van der Waals surface area contributed by atoms with E-state index in [0.29, 0.717) is 22.9 Å². The number of rotatable bonds is 5. The van der Waals surface area contributed by atoms with E-state index in [0.717, 1.165) is 22.3 Å². The highest BCUT2D eigenvalue weighted by Gasteiger charge is 2.42. The quantitative estimate of drug-likeness (QED) is 0.597. The summed E-state index contributed by atoms with van der Waals surface area (Å²) >= 11 is 0. The van der Waals surface area contributed by atoms with Crippen molar-refractivity contribution in [2.45, 2.75) is 39.7 Å². The van der Waals surface area contributed by atoms with Crippen molar-refractivity contribution in [3.8, 4) is 17.0 Å². The van der Waals surface area contributed by atoms with E-state index in [9.17, 15) is 15.0 Å². The Hall–Kier alpha value is -3.12. The number of aliphatic hydroxyl groups is 1. The van der Waals surface area contributed by atoms with Gasteiger partial charge in [0.25, 0.3) is 5.91 Å². The van der Waals surface area contributed by atoms with Gasteiger partial charge in [-0.05, 0) is 48.1 Å². The summed E-state index contributed by atoms with van der Waals surface area (Å²) in [6.07, 6.45) is 0. The number of phenols is 1. The van der Waals surface area contributed by atoms with Crippen LogP contribution in [0.3, 0.4) is 0 Å². The predicted octanol–water partition coefficient (Wildman–Crippen LogP) is 4.06. The monoisotopic (exact) mass is 405 g/mol. The molecule has 2 aromatic carbocycles. The van der Waals surface area contributed by atoms with Crippen LogP contribution in [0, 0.1) is 13.8 Å². The second kappa shape index (κ2) is 7.61. The van der Waals surface area contributed by atoms with Crippen LogP contribution in [-0.4, -0.2) is 44.4 Å². The Morgan fingerprint density at radius 3 is 2.50 bits per heavy atom. The number of fused-ring (bicyclic) bond motifs is 1. The summed E-state index contributed by atoms with van der Waals surface area (Å²) in [6.45, 7) is 8.19. The third-order valence-electron chi connectivity index (χ3n) is 5.82. The number of carbonyl (C=O) groups excluding carboxylic acids is 1. The molecule has 0 saturated heterocycles. The minimum Gasteiger partial charge on any atom is -0.507 e. The summed E-state index contributed by atoms with van der Waals surface area (Å²) in [5.74, 6) is 0.376. The number of nitrogens with zero attached hydrogens (tertiary/aromatic N) is 2. The van der Waals surface area contributed by atoms with Gasteiger partial charge in [0.1, 0.15) is 17.1 Å². The number of β-amino-alcohol motifs (C(OH)–C–C–N with tert-alkyl or cyclic N) is 1. The average molecular weight is 405 g/mol. The lowest BCUT2D eigenvalue weighted by Crippen LogP contribution is -2.32. The van der Waals surface area contributed by atoms with Gasteiger partial charge in [-0.25, -0.2) is 0 Å². The zero-order valence-electron chi connectivity index (χ0n) is 17.7.